The van der Waals surface area contributed by atoms with E-state index in [-0.39, 0.29) is 5.91 Å². The summed E-state index contributed by atoms with van der Waals surface area (Å²) in [5, 5.41) is 3.42. The molecule has 7 heteroatoms. The van der Waals surface area contributed by atoms with E-state index in [2.05, 4.69) is 24.1 Å². The fourth-order valence-corrected chi connectivity index (χ4v) is 4.99. The first kappa shape index (κ1) is 21.1. The maximum atomic E-state index is 13.0. The molecule has 160 valence electrons. The number of fused-ring (bicyclic) bond motifs is 1. The zero-order valence-electron chi connectivity index (χ0n) is 17.6. The van der Waals surface area contributed by atoms with E-state index in [1.54, 1.807) is 24.3 Å². The fourth-order valence-electron chi connectivity index (χ4n) is 3.71. The Balaban J connectivity index is 1.56. The number of anilines is 1. The number of ether oxygens (including phenoxy) is 1. The highest BCUT2D eigenvalue weighted by Crippen LogP contribution is 2.37. The first-order valence-electron chi connectivity index (χ1n) is 10.2. The Labute approximate surface area is 185 Å². The average molecular weight is 436 g/mol. The number of hydrogen-bond donors (Lipinski definition) is 2. The van der Waals surface area contributed by atoms with Crippen LogP contribution in [0.4, 0.5) is 5.00 Å². The zero-order valence-corrected chi connectivity index (χ0v) is 18.4. The number of carbonyl (C=O) groups excluding carboxylic acids is 2. The lowest BCUT2D eigenvalue weighted by Crippen LogP contribution is -2.35. The predicted molar refractivity (Wildman–Crippen MR) is 123 cm³/mol. The van der Waals surface area contributed by atoms with Gasteiger partial charge in [0.2, 0.25) is 0 Å². The number of rotatable bonds is 6. The Bertz CT molecular complexity index is 1110. The number of nitrogens with one attached hydrogen (secondary N) is 1. The van der Waals surface area contributed by atoms with Crippen molar-refractivity contribution >= 4 is 28.2 Å². The maximum Gasteiger partial charge on any atom is 0.256 e. The van der Waals surface area contributed by atoms with Crippen LogP contribution in [0.2, 0.25) is 0 Å². The van der Waals surface area contributed by atoms with Crippen molar-refractivity contribution in [3.63, 3.8) is 0 Å². The summed E-state index contributed by atoms with van der Waals surface area (Å²) >= 11 is 1.44. The van der Waals surface area contributed by atoms with Crippen molar-refractivity contribution in [1.29, 1.82) is 0 Å². The van der Waals surface area contributed by atoms with E-state index in [4.69, 9.17) is 10.5 Å². The second kappa shape index (κ2) is 8.91. The molecule has 0 fully saturated rings. The maximum absolute atomic E-state index is 13.0. The molecule has 0 atom stereocenters. The predicted octanol–water partition coefficient (Wildman–Crippen LogP) is 4.66. The Hall–Kier alpha value is -3.16. The fraction of sp³-hybridized carbons (Fsp3) is 0.250. The van der Waals surface area contributed by atoms with E-state index in [1.165, 1.54) is 11.3 Å². The molecule has 2 aromatic carbocycles. The number of nitrogens with two attached hydrogens (primary N) is 1. The van der Waals surface area contributed by atoms with Crippen LogP contribution < -0.4 is 15.8 Å². The first-order valence-corrected chi connectivity index (χ1v) is 11.1. The van der Waals surface area contributed by atoms with Gasteiger partial charge in [0.15, 0.2) is 0 Å². The summed E-state index contributed by atoms with van der Waals surface area (Å²) in [5.41, 5.74) is 7.53. The molecule has 3 N–H and O–H groups in total. The molecule has 2 amide bonds. The minimum Gasteiger partial charge on any atom is -0.457 e. The Morgan fingerprint density at radius 3 is 2.55 bits per heavy atom. The summed E-state index contributed by atoms with van der Waals surface area (Å²) < 4.78 is 5.82. The van der Waals surface area contributed by atoms with Crippen molar-refractivity contribution in [3.8, 4) is 11.5 Å². The Morgan fingerprint density at radius 1 is 1.10 bits per heavy atom. The summed E-state index contributed by atoms with van der Waals surface area (Å²) in [6, 6.07) is 16.7. The molecular weight excluding hydrogens is 410 g/mol. The van der Waals surface area contributed by atoms with E-state index >= 15 is 0 Å². The third-order valence-corrected chi connectivity index (χ3v) is 6.50. The molecule has 0 saturated carbocycles. The van der Waals surface area contributed by atoms with Crippen molar-refractivity contribution in [2.75, 3.05) is 11.9 Å². The molecule has 6 nitrogen and oxygen atoms in total. The van der Waals surface area contributed by atoms with Crippen LogP contribution in [0, 0.1) is 0 Å². The molecule has 2 heterocycles. The number of primary amides is 1. The van der Waals surface area contributed by atoms with Gasteiger partial charge in [-0.2, -0.15) is 0 Å². The molecular formula is C24H25N3O3S. The molecule has 31 heavy (non-hydrogen) atoms. The smallest absolute Gasteiger partial charge is 0.256 e. The summed E-state index contributed by atoms with van der Waals surface area (Å²) in [6.45, 7) is 5.93. The van der Waals surface area contributed by atoms with Crippen molar-refractivity contribution < 1.29 is 14.3 Å². The molecule has 0 radical (unpaired) electrons. The number of hydrogen-bond acceptors (Lipinski definition) is 5. The number of carbonyl (C=O) groups is 2. The summed E-state index contributed by atoms with van der Waals surface area (Å²) in [5.74, 6) is 0.441. The van der Waals surface area contributed by atoms with Crippen LogP contribution >= 0.6 is 11.3 Å². The van der Waals surface area contributed by atoms with Crippen molar-refractivity contribution in [2.24, 2.45) is 5.73 Å². The topological polar surface area (TPSA) is 84.7 Å². The van der Waals surface area contributed by atoms with Gasteiger partial charge in [0.25, 0.3) is 11.8 Å². The van der Waals surface area contributed by atoms with E-state index in [1.807, 2.05) is 30.3 Å². The van der Waals surface area contributed by atoms with Crippen LogP contribution in [0.3, 0.4) is 0 Å². The summed E-state index contributed by atoms with van der Waals surface area (Å²) in [4.78, 5) is 28.6. The number of thiophene rings is 1. The van der Waals surface area contributed by atoms with Gasteiger partial charge in [-0.3, -0.25) is 14.5 Å². The third-order valence-electron chi connectivity index (χ3n) is 5.37. The highest BCUT2D eigenvalue weighted by Gasteiger charge is 2.28. The first-order chi connectivity index (χ1) is 14.9. The minimum atomic E-state index is -0.507. The zero-order chi connectivity index (χ0) is 22.0. The van der Waals surface area contributed by atoms with Gasteiger partial charge in [0, 0.05) is 29.6 Å². The van der Waals surface area contributed by atoms with Crippen LogP contribution in [-0.4, -0.2) is 29.3 Å². The quantitative estimate of drug-likeness (QED) is 0.590. The van der Waals surface area contributed by atoms with Gasteiger partial charge in [-0.15, -0.1) is 11.3 Å². The average Bonchev–Trinajstić information content (AvgIpc) is 3.11. The van der Waals surface area contributed by atoms with Gasteiger partial charge in [0.1, 0.15) is 16.5 Å². The molecule has 0 bridgehead atoms. The molecule has 4 rings (SSSR count). The van der Waals surface area contributed by atoms with E-state index in [0.29, 0.717) is 33.7 Å². The number of amides is 2. The lowest BCUT2D eigenvalue weighted by Gasteiger charge is -2.30. The van der Waals surface area contributed by atoms with Crippen molar-refractivity contribution in [2.45, 2.75) is 32.9 Å². The van der Waals surface area contributed by atoms with Crippen molar-refractivity contribution in [1.82, 2.24) is 4.90 Å². The SMILES string of the molecule is CC(C)N1CCc2c(sc(NC(=O)c3cccc(Oc4ccccc4)c3)c2C(N)=O)C1. The lowest BCUT2D eigenvalue weighted by molar-refractivity contribution is 0.0999. The third kappa shape index (κ3) is 4.62. The molecule has 1 aliphatic rings. The number of nitrogens with zero attached hydrogens (tertiary/aromatic N) is 1. The highest BCUT2D eigenvalue weighted by molar-refractivity contribution is 7.17. The van der Waals surface area contributed by atoms with Gasteiger partial charge in [-0.05, 0) is 56.2 Å². The second-order valence-corrected chi connectivity index (χ2v) is 8.89. The van der Waals surface area contributed by atoms with E-state index < -0.39 is 5.91 Å². The summed E-state index contributed by atoms with van der Waals surface area (Å²) in [7, 11) is 0. The van der Waals surface area contributed by atoms with Gasteiger partial charge >= 0.3 is 0 Å². The van der Waals surface area contributed by atoms with Gasteiger partial charge in [0.05, 0.1) is 5.56 Å². The monoisotopic (exact) mass is 435 g/mol. The largest absolute Gasteiger partial charge is 0.457 e. The van der Waals surface area contributed by atoms with Gasteiger partial charge in [-0.1, -0.05) is 24.3 Å². The van der Waals surface area contributed by atoms with Gasteiger partial charge < -0.3 is 15.8 Å². The number of para-hydroxylation sites is 1. The molecule has 0 unspecified atom stereocenters. The second-order valence-electron chi connectivity index (χ2n) is 7.78. The Kier molecular flexibility index (Phi) is 6.06. The molecule has 1 aliphatic heterocycles. The molecule has 0 saturated heterocycles. The van der Waals surface area contributed by atoms with Crippen LogP contribution in [0.5, 0.6) is 11.5 Å². The van der Waals surface area contributed by atoms with E-state index in [0.717, 1.165) is 30.0 Å². The number of benzene rings is 2. The Morgan fingerprint density at radius 2 is 1.84 bits per heavy atom. The standard InChI is InChI=1S/C24H25N3O3S/c1-15(2)27-12-11-19-20(14-27)31-24(21(19)22(25)28)26-23(29)16-7-6-10-18(13-16)30-17-8-4-3-5-9-17/h3-10,13,15H,11-12,14H2,1-2H3,(H2,25,28)(H,26,29). The van der Waals surface area contributed by atoms with Crippen LogP contribution in [0.1, 0.15) is 45.0 Å². The lowest BCUT2D eigenvalue weighted by atomic mass is 10.0. The highest BCUT2D eigenvalue weighted by atomic mass is 32.1. The van der Waals surface area contributed by atoms with Crippen LogP contribution in [-0.2, 0) is 13.0 Å². The van der Waals surface area contributed by atoms with E-state index in [9.17, 15) is 9.59 Å². The normalized spacial score (nSPS) is 13.6. The molecule has 1 aromatic heterocycles. The van der Waals surface area contributed by atoms with Crippen LogP contribution in [0.15, 0.2) is 54.6 Å². The minimum absolute atomic E-state index is 0.305. The van der Waals surface area contributed by atoms with Gasteiger partial charge in [-0.25, -0.2) is 0 Å². The molecule has 3 aromatic rings. The molecule has 0 spiro atoms. The summed E-state index contributed by atoms with van der Waals surface area (Å²) in [6.07, 6.45) is 0.749. The molecule has 0 aliphatic carbocycles. The van der Waals surface area contributed by atoms with Crippen molar-refractivity contribution in [3.05, 3.63) is 76.2 Å². The van der Waals surface area contributed by atoms with Crippen LogP contribution in [0.25, 0.3) is 0 Å².